The molecule has 0 atom stereocenters. The molecule has 0 aliphatic heterocycles. The van der Waals surface area contributed by atoms with Crippen LogP contribution in [0, 0.1) is 13.8 Å². The van der Waals surface area contributed by atoms with E-state index in [1.165, 1.54) is 49.4 Å². The van der Waals surface area contributed by atoms with Gasteiger partial charge in [0.1, 0.15) is 29.4 Å². The molecule has 0 spiro atoms. The van der Waals surface area contributed by atoms with Gasteiger partial charge in [-0.15, -0.1) is 0 Å². The number of nitrogens with zero attached hydrogens (tertiary/aromatic N) is 2. The van der Waals surface area contributed by atoms with Gasteiger partial charge in [-0.3, -0.25) is 4.57 Å². The van der Waals surface area contributed by atoms with E-state index in [4.69, 9.17) is 28.5 Å². The van der Waals surface area contributed by atoms with Gasteiger partial charge in [-0.25, -0.2) is 4.98 Å². The molecule has 0 fully saturated rings. The number of hydrogen-bond acceptors (Lipinski definition) is 1. The fourth-order valence-electron chi connectivity index (χ4n) is 7.76. The SMILES string of the molecule is [B]c1c([B])c(-n2c(-c3ccc(-c4c5ccccc5c(-c5cccc(-c6ccccc6)c5)c5ccccc45)cc3)nc3ccccc32)c([B])c(C)c1C. The van der Waals surface area contributed by atoms with Crippen LogP contribution in [0.1, 0.15) is 11.1 Å². The zero-order valence-corrected chi connectivity index (χ0v) is 29.1. The first-order chi connectivity index (χ1) is 25.4. The molecule has 0 saturated carbocycles. The lowest BCUT2D eigenvalue weighted by Gasteiger charge is -2.23. The second-order valence-electron chi connectivity index (χ2n) is 13.5. The van der Waals surface area contributed by atoms with E-state index in [1.807, 2.05) is 38.1 Å². The highest BCUT2D eigenvalue weighted by molar-refractivity contribution is 6.53. The van der Waals surface area contributed by atoms with Crippen LogP contribution in [-0.2, 0) is 0 Å². The van der Waals surface area contributed by atoms with Crippen LogP contribution in [0.2, 0.25) is 0 Å². The molecule has 1 heterocycles. The van der Waals surface area contributed by atoms with Gasteiger partial charge < -0.3 is 0 Å². The maximum Gasteiger partial charge on any atom is 0.145 e. The Hall–Kier alpha value is -6.06. The van der Waals surface area contributed by atoms with Crippen LogP contribution in [0.25, 0.3) is 83.0 Å². The lowest BCUT2D eigenvalue weighted by Crippen LogP contribution is -2.39. The Morgan fingerprint density at radius 1 is 0.423 bits per heavy atom. The van der Waals surface area contributed by atoms with Gasteiger partial charge in [0.25, 0.3) is 0 Å². The topological polar surface area (TPSA) is 17.8 Å². The highest BCUT2D eigenvalue weighted by Crippen LogP contribution is 2.44. The van der Waals surface area contributed by atoms with Crippen molar-refractivity contribution in [2.24, 2.45) is 0 Å². The number of rotatable bonds is 5. The summed E-state index contributed by atoms with van der Waals surface area (Å²) >= 11 is 0. The van der Waals surface area contributed by atoms with E-state index in [1.54, 1.807) is 0 Å². The maximum absolute atomic E-state index is 6.80. The standard InChI is InChI=1S/C47H31B3N2/c1-28-29(2)44(49)46(45(50)43(28)48)52-40-22-11-10-21-39(40)51-47(52)32-25-23-31(24-26-32)41-35-17-6-8-19-37(35)42(38-20-9-7-18-36(38)41)34-16-12-15-33(27-34)30-13-4-3-5-14-30/h3-27H,1-2H3. The molecule has 0 aliphatic carbocycles. The van der Waals surface area contributed by atoms with E-state index >= 15 is 0 Å². The Bertz CT molecular complexity index is 2750. The third-order valence-electron chi connectivity index (χ3n) is 10.6. The molecule has 0 aliphatic rings. The van der Waals surface area contributed by atoms with Gasteiger partial charge in [-0.05, 0) is 87.0 Å². The summed E-state index contributed by atoms with van der Waals surface area (Å²) in [5.74, 6) is 0.747. The van der Waals surface area contributed by atoms with Crippen LogP contribution in [0.5, 0.6) is 0 Å². The lowest BCUT2D eigenvalue weighted by molar-refractivity contribution is 1.12. The van der Waals surface area contributed by atoms with E-state index in [0.29, 0.717) is 22.1 Å². The molecule has 52 heavy (non-hydrogen) atoms. The van der Waals surface area contributed by atoms with Crippen LogP contribution >= 0.6 is 0 Å². The molecule has 0 N–H and O–H groups in total. The van der Waals surface area contributed by atoms with Crippen LogP contribution in [0.15, 0.2) is 152 Å². The van der Waals surface area contributed by atoms with Gasteiger partial charge >= 0.3 is 0 Å². The van der Waals surface area contributed by atoms with Crippen molar-refractivity contribution in [3.63, 3.8) is 0 Å². The Morgan fingerprint density at radius 2 is 0.923 bits per heavy atom. The lowest BCUT2D eigenvalue weighted by atomic mass is 9.70. The number of imidazole rings is 1. The third-order valence-corrected chi connectivity index (χ3v) is 10.6. The van der Waals surface area contributed by atoms with Crippen molar-refractivity contribution in [1.29, 1.82) is 0 Å². The molecule has 1 aromatic heterocycles. The van der Waals surface area contributed by atoms with Crippen LogP contribution in [-0.4, -0.2) is 33.1 Å². The van der Waals surface area contributed by atoms with Gasteiger partial charge in [0.2, 0.25) is 0 Å². The van der Waals surface area contributed by atoms with Gasteiger partial charge in [0.15, 0.2) is 0 Å². The molecule has 9 rings (SSSR count). The molecular weight excluding hydrogens is 625 g/mol. The zero-order valence-electron chi connectivity index (χ0n) is 29.1. The molecule has 0 unspecified atom stereocenters. The minimum absolute atomic E-state index is 0.453. The number of aromatic nitrogens is 2. The summed E-state index contributed by atoms with van der Waals surface area (Å²) in [4.78, 5) is 5.11. The predicted molar refractivity (Wildman–Crippen MR) is 223 cm³/mol. The normalized spacial score (nSPS) is 11.5. The number of benzene rings is 8. The van der Waals surface area contributed by atoms with Crippen molar-refractivity contribution >= 4 is 72.5 Å². The average molecular weight is 656 g/mol. The first-order valence-electron chi connectivity index (χ1n) is 17.5. The average Bonchev–Trinajstić information content (AvgIpc) is 3.58. The smallest absolute Gasteiger partial charge is 0.145 e. The summed E-state index contributed by atoms with van der Waals surface area (Å²) in [6, 6.07) is 53.7. The Balaban J connectivity index is 1.23. The molecule has 8 aromatic carbocycles. The predicted octanol–water partition coefficient (Wildman–Crippen LogP) is 9.00. The number of fused-ring (bicyclic) bond motifs is 3. The minimum Gasteiger partial charge on any atom is -0.294 e. The van der Waals surface area contributed by atoms with Crippen molar-refractivity contribution in [3.8, 4) is 50.5 Å². The van der Waals surface area contributed by atoms with Gasteiger partial charge in [-0.2, -0.15) is 0 Å². The van der Waals surface area contributed by atoms with Gasteiger partial charge in [0.05, 0.1) is 11.0 Å². The zero-order chi connectivity index (χ0) is 35.5. The fourth-order valence-corrected chi connectivity index (χ4v) is 7.76. The summed E-state index contributed by atoms with van der Waals surface area (Å²) in [6.07, 6.45) is 0. The van der Waals surface area contributed by atoms with Crippen molar-refractivity contribution in [3.05, 3.63) is 163 Å². The summed E-state index contributed by atoms with van der Waals surface area (Å²) in [5.41, 5.74) is 13.9. The van der Waals surface area contributed by atoms with Gasteiger partial charge in [-0.1, -0.05) is 161 Å². The van der Waals surface area contributed by atoms with E-state index in [9.17, 15) is 0 Å². The molecular formula is C47H31B3N2. The monoisotopic (exact) mass is 656 g/mol. The summed E-state index contributed by atoms with van der Waals surface area (Å²) < 4.78 is 2.06. The second-order valence-corrected chi connectivity index (χ2v) is 13.5. The van der Waals surface area contributed by atoms with Crippen molar-refractivity contribution in [1.82, 2.24) is 9.55 Å². The van der Waals surface area contributed by atoms with Crippen LogP contribution < -0.4 is 16.4 Å². The van der Waals surface area contributed by atoms with E-state index in [2.05, 4.69) is 132 Å². The molecule has 5 heteroatoms. The van der Waals surface area contributed by atoms with E-state index in [0.717, 1.165) is 39.1 Å². The van der Waals surface area contributed by atoms with Crippen molar-refractivity contribution < 1.29 is 0 Å². The molecule has 9 aromatic rings. The first-order valence-corrected chi connectivity index (χ1v) is 17.5. The maximum atomic E-state index is 6.80. The summed E-state index contributed by atoms with van der Waals surface area (Å²) in [5, 5.41) is 4.83. The molecule has 0 saturated heterocycles. The molecule has 6 radical (unpaired) electrons. The van der Waals surface area contributed by atoms with Crippen molar-refractivity contribution in [2.75, 3.05) is 0 Å². The Morgan fingerprint density at radius 3 is 1.58 bits per heavy atom. The third kappa shape index (κ3) is 5.03. The summed E-state index contributed by atoms with van der Waals surface area (Å²) in [6.45, 7) is 3.94. The fraction of sp³-hybridized carbons (Fsp3) is 0.0426. The summed E-state index contributed by atoms with van der Waals surface area (Å²) in [7, 11) is 20.1. The second kappa shape index (κ2) is 12.6. The van der Waals surface area contributed by atoms with Crippen LogP contribution in [0.4, 0.5) is 0 Å². The number of hydrogen-bond donors (Lipinski definition) is 0. The van der Waals surface area contributed by atoms with Crippen LogP contribution in [0.3, 0.4) is 0 Å². The van der Waals surface area contributed by atoms with E-state index in [-0.39, 0.29) is 0 Å². The Kier molecular flexibility index (Phi) is 7.74. The molecule has 0 bridgehead atoms. The minimum atomic E-state index is 0.453. The molecule has 0 amide bonds. The first kappa shape index (κ1) is 31.9. The van der Waals surface area contributed by atoms with E-state index < -0.39 is 0 Å². The quantitative estimate of drug-likeness (QED) is 0.134. The molecule has 2 nitrogen and oxygen atoms in total. The molecule has 238 valence electrons. The highest BCUT2D eigenvalue weighted by atomic mass is 15.1. The Labute approximate surface area is 308 Å². The van der Waals surface area contributed by atoms with Crippen molar-refractivity contribution in [2.45, 2.75) is 13.8 Å². The number of para-hydroxylation sites is 2. The van der Waals surface area contributed by atoms with Gasteiger partial charge in [0, 0.05) is 11.3 Å². The largest absolute Gasteiger partial charge is 0.294 e. The highest BCUT2D eigenvalue weighted by Gasteiger charge is 2.21.